The van der Waals surface area contributed by atoms with Crippen LogP contribution in [-0.2, 0) is 10.2 Å². The van der Waals surface area contributed by atoms with Crippen LogP contribution >= 0.6 is 0 Å². The van der Waals surface area contributed by atoms with Crippen LogP contribution in [0.15, 0.2) is 24.3 Å². The fraction of sp³-hybridized carbons (Fsp3) is 0.619. The van der Waals surface area contributed by atoms with E-state index in [0.717, 1.165) is 24.9 Å². The zero-order valence-electron chi connectivity index (χ0n) is 16.8. The summed E-state index contributed by atoms with van der Waals surface area (Å²) >= 11 is 0. The van der Waals surface area contributed by atoms with Crippen LogP contribution < -0.4 is 5.32 Å². The number of benzene rings is 1. The van der Waals surface area contributed by atoms with Gasteiger partial charge < -0.3 is 15.1 Å². The Labute approximate surface area is 157 Å². The lowest BCUT2D eigenvalue weighted by atomic mass is 9.86. The third-order valence-electron chi connectivity index (χ3n) is 5.01. The van der Waals surface area contributed by atoms with E-state index in [4.69, 9.17) is 0 Å². The van der Waals surface area contributed by atoms with Gasteiger partial charge in [0.25, 0.3) is 5.91 Å². The molecule has 2 rings (SSSR count). The standard InChI is InChI=1S/C21H33N3O2/c1-21(2,3)18-8-6-17(7-9-18)20(26)24-13-10-16(11-14-24)19(25)22-12-15-23(4)5/h6-9,16H,10-15H2,1-5H3,(H,22,25). The Morgan fingerprint density at radius 1 is 1.12 bits per heavy atom. The zero-order chi connectivity index (χ0) is 19.3. The van der Waals surface area contributed by atoms with E-state index >= 15 is 0 Å². The summed E-state index contributed by atoms with van der Waals surface area (Å²) in [5, 5.41) is 3.00. The van der Waals surface area contributed by atoms with Crippen molar-refractivity contribution in [1.29, 1.82) is 0 Å². The number of hydrogen-bond donors (Lipinski definition) is 1. The normalized spacial score (nSPS) is 16.0. The molecule has 0 unspecified atom stereocenters. The molecule has 0 spiro atoms. The van der Waals surface area contributed by atoms with Gasteiger partial charge >= 0.3 is 0 Å². The first kappa shape index (κ1) is 20.4. The molecule has 0 saturated carbocycles. The van der Waals surface area contributed by atoms with Crippen LogP contribution in [0.4, 0.5) is 0 Å². The van der Waals surface area contributed by atoms with Gasteiger partial charge in [-0.3, -0.25) is 9.59 Å². The van der Waals surface area contributed by atoms with Crippen molar-refractivity contribution in [2.45, 2.75) is 39.0 Å². The molecule has 0 radical (unpaired) electrons. The summed E-state index contributed by atoms with van der Waals surface area (Å²) in [5.41, 5.74) is 2.04. The second-order valence-corrected chi connectivity index (χ2v) is 8.49. The molecule has 1 aliphatic heterocycles. The van der Waals surface area contributed by atoms with E-state index in [0.29, 0.717) is 19.6 Å². The number of likely N-dealkylation sites (tertiary alicyclic amines) is 1. The second kappa shape index (κ2) is 8.67. The van der Waals surface area contributed by atoms with Crippen molar-refractivity contribution in [3.63, 3.8) is 0 Å². The summed E-state index contributed by atoms with van der Waals surface area (Å²) in [5.74, 6) is 0.204. The fourth-order valence-electron chi connectivity index (χ4n) is 3.19. The highest BCUT2D eigenvalue weighted by atomic mass is 16.2. The topological polar surface area (TPSA) is 52.7 Å². The molecule has 0 aliphatic carbocycles. The van der Waals surface area contributed by atoms with Gasteiger partial charge in [0.2, 0.25) is 5.91 Å². The number of piperidine rings is 1. The lowest BCUT2D eigenvalue weighted by Crippen LogP contribution is -2.44. The van der Waals surface area contributed by atoms with Gasteiger partial charge in [-0.1, -0.05) is 32.9 Å². The van der Waals surface area contributed by atoms with Gasteiger partial charge in [-0.25, -0.2) is 0 Å². The summed E-state index contributed by atoms with van der Waals surface area (Å²) in [6.07, 6.45) is 1.47. The van der Waals surface area contributed by atoms with Gasteiger partial charge in [-0.15, -0.1) is 0 Å². The van der Waals surface area contributed by atoms with Crippen molar-refractivity contribution >= 4 is 11.8 Å². The van der Waals surface area contributed by atoms with Crippen molar-refractivity contribution in [3.05, 3.63) is 35.4 Å². The summed E-state index contributed by atoms with van der Waals surface area (Å²) in [4.78, 5) is 28.8. The van der Waals surface area contributed by atoms with E-state index in [1.807, 2.05) is 48.2 Å². The summed E-state index contributed by atoms with van der Waals surface area (Å²) < 4.78 is 0. The molecule has 0 aromatic heterocycles. The first-order valence-electron chi connectivity index (χ1n) is 9.51. The monoisotopic (exact) mass is 359 g/mol. The minimum absolute atomic E-state index is 0.0180. The molecule has 1 aromatic carbocycles. The molecule has 2 amide bonds. The van der Waals surface area contributed by atoms with Crippen LogP contribution in [-0.4, -0.2) is 61.9 Å². The number of amides is 2. The van der Waals surface area contributed by atoms with E-state index in [2.05, 4.69) is 26.1 Å². The van der Waals surface area contributed by atoms with Crippen molar-refractivity contribution in [2.75, 3.05) is 40.3 Å². The Morgan fingerprint density at radius 2 is 1.69 bits per heavy atom. The van der Waals surface area contributed by atoms with Crippen LogP contribution in [0.5, 0.6) is 0 Å². The van der Waals surface area contributed by atoms with Crippen molar-refractivity contribution in [1.82, 2.24) is 15.1 Å². The number of rotatable bonds is 5. The largest absolute Gasteiger partial charge is 0.355 e. The number of carbonyl (C=O) groups excluding carboxylic acids is 2. The Kier molecular flexibility index (Phi) is 6.81. The average Bonchev–Trinajstić information content (AvgIpc) is 2.60. The molecule has 1 fully saturated rings. The number of hydrogen-bond acceptors (Lipinski definition) is 3. The van der Waals surface area contributed by atoms with Crippen molar-refractivity contribution < 1.29 is 9.59 Å². The van der Waals surface area contributed by atoms with Gasteiger partial charge in [0.05, 0.1) is 0 Å². The number of nitrogens with one attached hydrogen (secondary N) is 1. The second-order valence-electron chi connectivity index (χ2n) is 8.49. The highest BCUT2D eigenvalue weighted by Gasteiger charge is 2.27. The van der Waals surface area contributed by atoms with E-state index in [9.17, 15) is 9.59 Å². The molecule has 5 nitrogen and oxygen atoms in total. The smallest absolute Gasteiger partial charge is 0.253 e. The van der Waals surface area contributed by atoms with E-state index < -0.39 is 0 Å². The van der Waals surface area contributed by atoms with Crippen molar-refractivity contribution in [3.8, 4) is 0 Å². The number of carbonyl (C=O) groups is 2. The van der Waals surface area contributed by atoms with Crippen LogP contribution in [0.3, 0.4) is 0 Å². The fourth-order valence-corrected chi connectivity index (χ4v) is 3.19. The Balaban J connectivity index is 1.85. The third kappa shape index (κ3) is 5.56. The predicted octanol–water partition coefficient (Wildman–Crippen LogP) is 2.51. The van der Waals surface area contributed by atoms with Crippen molar-refractivity contribution in [2.24, 2.45) is 5.92 Å². The Morgan fingerprint density at radius 3 is 2.19 bits per heavy atom. The number of likely N-dealkylation sites (N-methyl/N-ethyl adjacent to an activating group) is 1. The molecule has 5 heteroatoms. The maximum absolute atomic E-state index is 12.7. The molecular weight excluding hydrogens is 326 g/mol. The lowest BCUT2D eigenvalue weighted by molar-refractivity contribution is -0.126. The molecule has 1 saturated heterocycles. The Hall–Kier alpha value is -1.88. The molecule has 1 N–H and O–H groups in total. The van der Waals surface area contributed by atoms with Crippen LogP contribution in [0.25, 0.3) is 0 Å². The van der Waals surface area contributed by atoms with E-state index in [1.54, 1.807) is 0 Å². The van der Waals surface area contributed by atoms with Gasteiger partial charge in [-0.05, 0) is 50.0 Å². The highest BCUT2D eigenvalue weighted by Crippen LogP contribution is 2.24. The van der Waals surface area contributed by atoms with E-state index in [-0.39, 0.29) is 23.1 Å². The first-order valence-corrected chi connectivity index (χ1v) is 9.51. The minimum Gasteiger partial charge on any atom is -0.355 e. The first-order chi connectivity index (χ1) is 12.2. The maximum atomic E-state index is 12.7. The molecule has 0 atom stereocenters. The highest BCUT2D eigenvalue weighted by molar-refractivity contribution is 5.94. The van der Waals surface area contributed by atoms with Crippen LogP contribution in [0, 0.1) is 5.92 Å². The quantitative estimate of drug-likeness (QED) is 0.879. The molecule has 26 heavy (non-hydrogen) atoms. The van der Waals surface area contributed by atoms with Gasteiger partial charge in [0, 0.05) is 37.7 Å². The molecule has 1 heterocycles. The lowest BCUT2D eigenvalue weighted by Gasteiger charge is -2.31. The minimum atomic E-state index is 0.0180. The third-order valence-corrected chi connectivity index (χ3v) is 5.01. The molecule has 1 aliphatic rings. The molecule has 1 aromatic rings. The maximum Gasteiger partial charge on any atom is 0.253 e. The average molecular weight is 360 g/mol. The summed E-state index contributed by atoms with van der Waals surface area (Å²) in [6, 6.07) is 7.92. The summed E-state index contributed by atoms with van der Waals surface area (Å²) in [7, 11) is 3.98. The van der Waals surface area contributed by atoms with Gasteiger partial charge in [0.15, 0.2) is 0 Å². The summed E-state index contributed by atoms with van der Waals surface area (Å²) in [6.45, 7) is 9.30. The molecular formula is C21H33N3O2. The molecule has 0 bridgehead atoms. The Bertz CT molecular complexity index is 609. The number of nitrogens with zero attached hydrogens (tertiary/aromatic N) is 2. The van der Waals surface area contributed by atoms with E-state index in [1.165, 1.54) is 5.56 Å². The predicted molar refractivity (Wildman–Crippen MR) is 105 cm³/mol. The van der Waals surface area contributed by atoms with Crippen LogP contribution in [0.1, 0.15) is 49.5 Å². The van der Waals surface area contributed by atoms with Crippen LogP contribution in [0.2, 0.25) is 0 Å². The zero-order valence-corrected chi connectivity index (χ0v) is 16.8. The SMILES string of the molecule is CN(C)CCNC(=O)C1CCN(C(=O)c2ccc(C(C)(C)C)cc2)CC1. The van der Waals surface area contributed by atoms with Gasteiger partial charge in [-0.2, -0.15) is 0 Å². The van der Waals surface area contributed by atoms with Gasteiger partial charge in [0.1, 0.15) is 0 Å². The molecule has 144 valence electrons.